The molecule has 0 saturated carbocycles. The third-order valence-corrected chi connectivity index (χ3v) is 4.95. The van der Waals surface area contributed by atoms with Crippen LogP contribution in [0.15, 0.2) is 42.5 Å². The fourth-order valence-electron chi connectivity index (χ4n) is 3.67. The lowest BCUT2D eigenvalue weighted by Crippen LogP contribution is -2.43. The highest BCUT2D eigenvalue weighted by Gasteiger charge is 2.55. The van der Waals surface area contributed by atoms with Crippen molar-refractivity contribution in [3.8, 4) is 0 Å². The number of aryl methyl sites for hydroxylation is 1. The first-order chi connectivity index (χ1) is 12.9. The van der Waals surface area contributed by atoms with Crippen LogP contribution in [0.4, 0.5) is 19.3 Å². The van der Waals surface area contributed by atoms with Gasteiger partial charge in [-0.3, -0.25) is 14.5 Å². The van der Waals surface area contributed by atoms with Gasteiger partial charge < -0.3 is 10.6 Å². The number of hydrogen-bond acceptors (Lipinski definition) is 3. The number of hydrogen-bond donors (Lipinski definition) is 2. The summed E-state index contributed by atoms with van der Waals surface area (Å²) in [7, 11) is 0. The van der Waals surface area contributed by atoms with Gasteiger partial charge in [-0.2, -0.15) is 0 Å². The molecule has 6 nitrogen and oxygen atoms in total. The van der Waals surface area contributed by atoms with E-state index in [-0.39, 0.29) is 5.69 Å². The maximum atomic E-state index is 13.7. The Balaban J connectivity index is 1.54. The Hall–Kier alpha value is -3.29. The van der Waals surface area contributed by atoms with E-state index in [0.717, 1.165) is 22.1 Å². The molecule has 0 bridgehead atoms. The Morgan fingerprint density at radius 3 is 2.74 bits per heavy atom. The van der Waals surface area contributed by atoms with Gasteiger partial charge in [0.2, 0.25) is 5.91 Å². The van der Waals surface area contributed by atoms with Crippen molar-refractivity contribution in [3.63, 3.8) is 0 Å². The highest BCUT2D eigenvalue weighted by atomic mass is 19.2. The van der Waals surface area contributed by atoms with Gasteiger partial charge in [0, 0.05) is 0 Å². The molecule has 4 rings (SSSR count). The maximum absolute atomic E-state index is 13.7. The van der Waals surface area contributed by atoms with Crippen LogP contribution in [0.3, 0.4) is 0 Å². The van der Waals surface area contributed by atoms with Gasteiger partial charge >= 0.3 is 6.03 Å². The second-order valence-corrected chi connectivity index (χ2v) is 6.53. The number of fused-ring (bicyclic) bond motifs is 2. The number of anilines is 1. The van der Waals surface area contributed by atoms with Crippen molar-refractivity contribution < 1.29 is 23.2 Å². The minimum Gasteiger partial charge on any atom is -0.322 e. The molecule has 2 aromatic carbocycles. The van der Waals surface area contributed by atoms with E-state index in [2.05, 4.69) is 10.6 Å². The van der Waals surface area contributed by atoms with Crippen molar-refractivity contribution >= 4 is 23.5 Å². The van der Waals surface area contributed by atoms with Gasteiger partial charge in [-0.15, -0.1) is 0 Å². The molecule has 27 heavy (non-hydrogen) atoms. The summed E-state index contributed by atoms with van der Waals surface area (Å²) in [4.78, 5) is 38.3. The van der Waals surface area contributed by atoms with E-state index in [9.17, 15) is 23.2 Å². The zero-order valence-electron chi connectivity index (χ0n) is 14.1. The minimum absolute atomic E-state index is 0.354. The number of halogens is 2. The second-order valence-electron chi connectivity index (χ2n) is 6.53. The molecule has 2 N–H and O–H groups in total. The number of nitrogens with one attached hydrogen (secondary N) is 2. The summed E-state index contributed by atoms with van der Waals surface area (Å²) in [6.45, 7) is -0.593. The smallest absolute Gasteiger partial charge is 0.322 e. The van der Waals surface area contributed by atoms with Crippen LogP contribution in [0.5, 0.6) is 0 Å². The molecule has 138 valence electrons. The molecule has 1 saturated heterocycles. The lowest BCUT2D eigenvalue weighted by molar-refractivity contribution is -0.134. The Kier molecular flexibility index (Phi) is 3.91. The first-order valence-corrected chi connectivity index (χ1v) is 8.39. The number of rotatable bonds is 3. The number of nitrogens with zero attached hydrogens (tertiary/aromatic N) is 1. The molecule has 2 aliphatic rings. The minimum atomic E-state index is -1.20. The Bertz CT molecular complexity index is 978. The number of benzene rings is 2. The Labute approximate surface area is 153 Å². The van der Waals surface area contributed by atoms with Crippen LogP contribution in [0.1, 0.15) is 17.5 Å². The first-order valence-electron chi connectivity index (χ1n) is 8.39. The average Bonchev–Trinajstić information content (AvgIpc) is 3.13. The molecule has 1 aliphatic carbocycles. The van der Waals surface area contributed by atoms with E-state index in [4.69, 9.17) is 0 Å². The van der Waals surface area contributed by atoms with Crippen LogP contribution >= 0.6 is 0 Å². The Morgan fingerprint density at radius 2 is 1.93 bits per heavy atom. The molecule has 1 aliphatic heterocycles. The van der Waals surface area contributed by atoms with Crippen LogP contribution < -0.4 is 10.6 Å². The molecule has 2 aromatic rings. The van der Waals surface area contributed by atoms with Crippen molar-refractivity contribution in [2.75, 3.05) is 11.9 Å². The quantitative estimate of drug-likeness (QED) is 0.813. The predicted molar refractivity (Wildman–Crippen MR) is 91.7 cm³/mol. The average molecular weight is 371 g/mol. The topological polar surface area (TPSA) is 78.5 Å². The molecule has 0 radical (unpaired) electrons. The first kappa shape index (κ1) is 17.1. The van der Waals surface area contributed by atoms with Crippen LogP contribution in [0, 0.1) is 11.6 Å². The van der Waals surface area contributed by atoms with Crippen molar-refractivity contribution in [1.29, 1.82) is 0 Å². The number of carbonyl (C=O) groups excluding carboxylic acids is 3. The van der Waals surface area contributed by atoms with Crippen molar-refractivity contribution in [3.05, 3.63) is 65.2 Å². The van der Waals surface area contributed by atoms with Gasteiger partial charge in [0.05, 0.1) is 5.69 Å². The molecule has 0 aromatic heterocycles. The number of carbonyl (C=O) groups is 3. The molecule has 1 atom stereocenters. The van der Waals surface area contributed by atoms with Gasteiger partial charge in [0.25, 0.3) is 5.91 Å². The molecule has 1 fully saturated rings. The fourth-order valence-corrected chi connectivity index (χ4v) is 3.67. The van der Waals surface area contributed by atoms with E-state index >= 15 is 0 Å². The largest absolute Gasteiger partial charge is 0.325 e. The summed E-state index contributed by atoms with van der Waals surface area (Å²) in [6.07, 6.45) is 1.05. The zero-order valence-corrected chi connectivity index (χ0v) is 14.1. The molecule has 1 heterocycles. The summed E-state index contributed by atoms with van der Waals surface area (Å²) in [5.41, 5.74) is 0.174. The van der Waals surface area contributed by atoms with E-state index in [0.29, 0.717) is 12.8 Å². The fraction of sp³-hybridized carbons (Fsp3) is 0.211. The molecular weight excluding hydrogens is 356 g/mol. The maximum Gasteiger partial charge on any atom is 0.325 e. The van der Waals surface area contributed by atoms with Crippen LogP contribution in [0.25, 0.3) is 0 Å². The van der Waals surface area contributed by atoms with Gasteiger partial charge in [-0.1, -0.05) is 30.3 Å². The molecule has 8 heteroatoms. The zero-order chi connectivity index (χ0) is 19.2. The lowest BCUT2D eigenvalue weighted by atomic mass is 9.92. The molecular formula is C19H15F2N3O3. The number of amides is 4. The van der Waals surface area contributed by atoms with E-state index in [1.807, 2.05) is 12.1 Å². The van der Waals surface area contributed by atoms with E-state index in [1.54, 1.807) is 12.1 Å². The molecule has 4 amide bonds. The van der Waals surface area contributed by atoms with Crippen molar-refractivity contribution in [2.24, 2.45) is 0 Å². The predicted octanol–water partition coefficient (Wildman–Crippen LogP) is 2.30. The van der Waals surface area contributed by atoms with E-state index in [1.165, 1.54) is 12.1 Å². The summed E-state index contributed by atoms with van der Waals surface area (Å²) >= 11 is 0. The van der Waals surface area contributed by atoms with Crippen molar-refractivity contribution in [2.45, 2.75) is 18.4 Å². The summed E-state index contributed by atoms with van der Waals surface area (Å²) in [5, 5.41) is 4.89. The van der Waals surface area contributed by atoms with Crippen molar-refractivity contribution in [1.82, 2.24) is 10.2 Å². The summed E-state index contributed by atoms with van der Waals surface area (Å²) < 4.78 is 26.9. The van der Waals surface area contributed by atoms with Gasteiger partial charge in [0.15, 0.2) is 11.6 Å². The lowest BCUT2D eigenvalue weighted by Gasteiger charge is -2.22. The number of imide groups is 1. The van der Waals surface area contributed by atoms with Gasteiger partial charge in [-0.25, -0.2) is 13.6 Å². The van der Waals surface area contributed by atoms with Crippen LogP contribution in [-0.4, -0.2) is 29.3 Å². The number of urea groups is 1. The standard InChI is InChI=1S/C19H15F2N3O3/c20-13-6-3-7-14(16(13)21)22-15(25)10-24-17(26)19(23-18(24)27)9-8-11-4-1-2-5-12(11)19/h1-7H,8-10H2,(H,22,25)(H,23,27). The van der Waals surface area contributed by atoms with Crippen LogP contribution in [-0.2, 0) is 21.5 Å². The monoisotopic (exact) mass is 371 g/mol. The second kappa shape index (κ2) is 6.15. The van der Waals surface area contributed by atoms with Gasteiger partial charge in [0.1, 0.15) is 12.1 Å². The molecule has 1 spiro atoms. The summed E-state index contributed by atoms with van der Waals surface area (Å²) in [5.74, 6) is -3.63. The van der Waals surface area contributed by atoms with Gasteiger partial charge in [-0.05, 0) is 36.1 Å². The van der Waals surface area contributed by atoms with E-state index < -0.39 is 41.6 Å². The highest BCUT2D eigenvalue weighted by Crippen LogP contribution is 2.41. The SMILES string of the molecule is O=C(CN1C(=O)NC2(CCc3ccccc32)C1=O)Nc1cccc(F)c1F. The third-order valence-electron chi connectivity index (χ3n) is 4.95. The summed E-state index contributed by atoms with van der Waals surface area (Å²) in [6, 6.07) is 9.99. The normalized spacial score (nSPS) is 20.7. The Morgan fingerprint density at radius 1 is 1.15 bits per heavy atom. The van der Waals surface area contributed by atoms with Crippen LogP contribution in [0.2, 0.25) is 0 Å². The highest BCUT2D eigenvalue weighted by molar-refractivity contribution is 6.10. The molecule has 1 unspecified atom stereocenters. The third kappa shape index (κ3) is 2.64.